The molecule has 0 unspecified atom stereocenters. The average Bonchev–Trinajstić information content (AvgIpc) is 3.17. The van der Waals surface area contributed by atoms with Crippen molar-refractivity contribution in [1.29, 1.82) is 0 Å². The van der Waals surface area contributed by atoms with Gasteiger partial charge in [0, 0.05) is 11.4 Å². The first-order chi connectivity index (χ1) is 14.6. The molecule has 0 fully saturated rings. The van der Waals surface area contributed by atoms with Crippen LogP contribution in [0, 0.1) is 5.82 Å². The summed E-state index contributed by atoms with van der Waals surface area (Å²) in [4.78, 5) is 17.0. The molecule has 30 heavy (non-hydrogen) atoms. The van der Waals surface area contributed by atoms with Crippen molar-refractivity contribution in [2.75, 3.05) is 18.5 Å². The quantitative estimate of drug-likeness (QED) is 0.498. The molecule has 0 radical (unpaired) electrons. The lowest BCUT2D eigenvalue weighted by molar-refractivity contribution is -0.115. The topological polar surface area (TPSA) is 69.7 Å². The molecule has 6 nitrogen and oxygen atoms in total. The number of nitrogens with zero attached hydrogens (tertiary/aromatic N) is 1. The first-order valence-electron chi connectivity index (χ1n) is 9.58. The maximum atomic E-state index is 12.9. The predicted octanol–water partition coefficient (Wildman–Crippen LogP) is 4.84. The molecule has 3 rings (SSSR count). The van der Waals surface area contributed by atoms with E-state index < -0.39 is 0 Å². The van der Waals surface area contributed by atoms with Gasteiger partial charge in [0.25, 0.3) is 0 Å². The number of amides is 1. The first-order valence-corrected chi connectivity index (χ1v) is 10.5. The van der Waals surface area contributed by atoms with Crippen molar-refractivity contribution in [3.63, 3.8) is 0 Å². The fourth-order valence-corrected chi connectivity index (χ4v) is 3.38. The Balaban J connectivity index is 1.58. The third kappa shape index (κ3) is 6.18. The Morgan fingerprint density at radius 1 is 1.03 bits per heavy atom. The van der Waals surface area contributed by atoms with Crippen LogP contribution in [0.15, 0.2) is 47.8 Å². The molecule has 0 aliphatic heterocycles. The maximum Gasteiger partial charge on any atom is 0.230 e. The van der Waals surface area contributed by atoms with Crippen molar-refractivity contribution in [3.05, 3.63) is 64.4 Å². The van der Waals surface area contributed by atoms with Gasteiger partial charge in [0.05, 0.1) is 31.0 Å². The van der Waals surface area contributed by atoms with Gasteiger partial charge < -0.3 is 19.5 Å². The van der Waals surface area contributed by atoms with E-state index in [1.54, 1.807) is 30.3 Å². The highest BCUT2D eigenvalue weighted by Crippen LogP contribution is 2.29. The summed E-state index contributed by atoms with van der Waals surface area (Å²) in [6, 6.07) is 11.1. The van der Waals surface area contributed by atoms with Crippen LogP contribution in [0.1, 0.15) is 24.5 Å². The number of carbonyl (C=O) groups excluding carboxylic acids is 1. The monoisotopic (exact) mass is 430 g/mol. The number of halogens is 1. The summed E-state index contributed by atoms with van der Waals surface area (Å²) in [6.07, 6.45) is 0.122. The van der Waals surface area contributed by atoms with Crippen molar-refractivity contribution in [2.24, 2.45) is 0 Å². The van der Waals surface area contributed by atoms with Crippen LogP contribution in [0.5, 0.6) is 17.2 Å². The van der Waals surface area contributed by atoms with Gasteiger partial charge in [0.1, 0.15) is 34.7 Å². The third-order valence-corrected chi connectivity index (χ3v) is 4.82. The molecule has 0 aliphatic rings. The Bertz CT molecular complexity index is 976. The largest absolute Gasteiger partial charge is 0.494 e. The highest BCUT2D eigenvalue weighted by Gasteiger charge is 2.13. The number of nitrogens with one attached hydrogen (secondary N) is 1. The Morgan fingerprint density at radius 3 is 2.50 bits per heavy atom. The lowest BCUT2D eigenvalue weighted by Gasteiger charge is -2.13. The molecule has 1 heterocycles. The molecule has 0 atom stereocenters. The minimum atomic E-state index is -0.316. The molecule has 1 aromatic heterocycles. The molecule has 0 saturated carbocycles. The van der Waals surface area contributed by atoms with E-state index in [0.717, 1.165) is 5.01 Å². The number of rotatable bonds is 10. The summed E-state index contributed by atoms with van der Waals surface area (Å²) in [6.45, 7) is 5.05. The molecule has 1 N–H and O–H groups in total. The number of thiazole rings is 1. The second-order valence-corrected chi connectivity index (χ2v) is 7.17. The molecule has 0 spiro atoms. The van der Waals surface area contributed by atoms with Gasteiger partial charge in [-0.25, -0.2) is 9.37 Å². The minimum absolute atomic E-state index is 0.122. The van der Waals surface area contributed by atoms with Gasteiger partial charge in [-0.2, -0.15) is 0 Å². The second kappa shape index (κ2) is 10.6. The molecule has 0 aliphatic carbocycles. The zero-order valence-electron chi connectivity index (χ0n) is 16.8. The number of hydrogen-bond donors (Lipinski definition) is 1. The summed E-state index contributed by atoms with van der Waals surface area (Å²) in [7, 11) is 0. The second-order valence-electron chi connectivity index (χ2n) is 6.22. The zero-order valence-corrected chi connectivity index (χ0v) is 17.6. The van der Waals surface area contributed by atoms with E-state index in [9.17, 15) is 9.18 Å². The van der Waals surface area contributed by atoms with E-state index in [1.807, 2.05) is 19.2 Å². The highest BCUT2D eigenvalue weighted by molar-refractivity contribution is 7.09. The van der Waals surface area contributed by atoms with Crippen LogP contribution in [-0.4, -0.2) is 24.1 Å². The fourth-order valence-electron chi connectivity index (χ4n) is 2.68. The maximum absolute atomic E-state index is 12.9. The fraction of sp³-hybridized carbons (Fsp3) is 0.273. The van der Waals surface area contributed by atoms with Crippen molar-refractivity contribution < 1.29 is 23.4 Å². The van der Waals surface area contributed by atoms with Crippen LogP contribution in [0.25, 0.3) is 0 Å². The number of ether oxygens (including phenoxy) is 3. The highest BCUT2D eigenvalue weighted by atomic mass is 32.1. The minimum Gasteiger partial charge on any atom is -0.494 e. The number of aromatic nitrogens is 1. The van der Waals surface area contributed by atoms with E-state index >= 15 is 0 Å². The van der Waals surface area contributed by atoms with E-state index in [2.05, 4.69) is 10.3 Å². The lowest BCUT2D eigenvalue weighted by Crippen LogP contribution is -2.15. The van der Waals surface area contributed by atoms with Crippen LogP contribution in [0.3, 0.4) is 0 Å². The van der Waals surface area contributed by atoms with Crippen LogP contribution in [-0.2, 0) is 17.8 Å². The van der Waals surface area contributed by atoms with Crippen molar-refractivity contribution in [3.8, 4) is 17.2 Å². The smallest absolute Gasteiger partial charge is 0.230 e. The molecule has 0 bridgehead atoms. The lowest BCUT2D eigenvalue weighted by atomic mass is 10.2. The Morgan fingerprint density at radius 2 is 1.77 bits per heavy atom. The SMILES string of the molecule is CCOc1ccc(OCC)c(NC(=O)Cc2csc(COc3ccc(F)cc3)n2)c1. The number of hydrogen-bond acceptors (Lipinski definition) is 6. The van der Waals surface area contributed by atoms with E-state index in [-0.39, 0.29) is 24.8 Å². The number of benzene rings is 2. The molecule has 1 amide bonds. The van der Waals surface area contributed by atoms with Crippen LogP contribution in [0.2, 0.25) is 0 Å². The van der Waals surface area contributed by atoms with E-state index in [0.29, 0.717) is 41.8 Å². The Labute approximate surface area is 178 Å². The van der Waals surface area contributed by atoms with Crippen LogP contribution < -0.4 is 19.5 Å². The van der Waals surface area contributed by atoms with Gasteiger partial charge in [-0.3, -0.25) is 4.79 Å². The van der Waals surface area contributed by atoms with Crippen LogP contribution >= 0.6 is 11.3 Å². The van der Waals surface area contributed by atoms with Crippen molar-refractivity contribution in [1.82, 2.24) is 4.98 Å². The van der Waals surface area contributed by atoms with Gasteiger partial charge in [-0.05, 0) is 50.2 Å². The molecular weight excluding hydrogens is 407 g/mol. The zero-order chi connectivity index (χ0) is 21.3. The van der Waals surface area contributed by atoms with Gasteiger partial charge in [0.2, 0.25) is 5.91 Å². The van der Waals surface area contributed by atoms with E-state index in [4.69, 9.17) is 14.2 Å². The van der Waals surface area contributed by atoms with Crippen molar-refractivity contribution >= 4 is 22.9 Å². The van der Waals surface area contributed by atoms with Gasteiger partial charge in [-0.15, -0.1) is 11.3 Å². The van der Waals surface area contributed by atoms with Crippen LogP contribution in [0.4, 0.5) is 10.1 Å². The molecule has 0 saturated heterocycles. The molecule has 158 valence electrons. The first kappa shape index (κ1) is 21.6. The summed E-state index contributed by atoms with van der Waals surface area (Å²) in [5, 5.41) is 5.42. The Hall–Kier alpha value is -3.13. The summed E-state index contributed by atoms with van der Waals surface area (Å²) >= 11 is 1.41. The molecule has 8 heteroatoms. The van der Waals surface area contributed by atoms with Gasteiger partial charge in [0.15, 0.2) is 0 Å². The standard InChI is InChI=1S/C22H23FN2O4S/c1-3-27-18-9-10-20(28-4-2)19(12-18)25-21(26)11-16-14-30-22(24-16)13-29-17-7-5-15(23)6-8-17/h5-10,12,14H,3-4,11,13H2,1-2H3,(H,25,26). The molecule has 3 aromatic rings. The number of anilines is 1. The molecule has 2 aromatic carbocycles. The van der Waals surface area contributed by atoms with Crippen molar-refractivity contribution in [2.45, 2.75) is 26.9 Å². The third-order valence-electron chi connectivity index (χ3n) is 3.95. The van der Waals surface area contributed by atoms with E-state index in [1.165, 1.54) is 23.5 Å². The number of carbonyl (C=O) groups is 1. The molecular formula is C22H23FN2O4S. The van der Waals surface area contributed by atoms with Gasteiger partial charge in [-0.1, -0.05) is 0 Å². The Kier molecular flexibility index (Phi) is 7.62. The average molecular weight is 431 g/mol. The summed E-state index contributed by atoms with van der Waals surface area (Å²) in [5.74, 6) is 1.28. The summed E-state index contributed by atoms with van der Waals surface area (Å²) < 4.78 is 29.6. The predicted molar refractivity (Wildman–Crippen MR) is 114 cm³/mol. The van der Waals surface area contributed by atoms with Gasteiger partial charge >= 0.3 is 0 Å². The normalized spacial score (nSPS) is 10.5. The summed E-state index contributed by atoms with van der Waals surface area (Å²) in [5.41, 5.74) is 1.21.